The van der Waals surface area contributed by atoms with Crippen molar-refractivity contribution >= 4 is 26.0 Å². The molecule has 0 aromatic heterocycles. The van der Waals surface area contributed by atoms with Gasteiger partial charge in [-0.2, -0.15) is 8.42 Å². The Kier molecular flexibility index (Phi) is 4.58. The first-order chi connectivity index (χ1) is 9.81. The van der Waals surface area contributed by atoms with Crippen LogP contribution in [0.5, 0.6) is 11.5 Å². The van der Waals surface area contributed by atoms with E-state index in [-0.39, 0.29) is 16.4 Å². The Morgan fingerprint density at radius 2 is 1.62 bits per heavy atom. The summed E-state index contributed by atoms with van der Waals surface area (Å²) in [6, 6.07) is 10.0. The van der Waals surface area contributed by atoms with E-state index in [4.69, 9.17) is 8.92 Å². The molecular formula is C15H15BrO4S. The molecule has 0 bridgehead atoms. The molecule has 21 heavy (non-hydrogen) atoms. The van der Waals surface area contributed by atoms with Crippen molar-refractivity contribution in [2.45, 2.75) is 18.7 Å². The molecular weight excluding hydrogens is 356 g/mol. The molecule has 0 heterocycles. The van der Waals surface area contributed by atoms with Crippen molar-refractivity contribution < 1.29 is 17.3 Å². The summed E-state index contributed by atoms with van der Waals surface area (Å²) >= 11 is 3.25. The molecule has 0 fully saturated rings. The van der Waals surface area contributed by atoms with Crippen molar-refractivity contribution in [1.82, 2.24) is 0 Å². The number of methoxy groups -OCH3 is 1. The standard InChI is InChI=1S/C15H15BrO4S/c1-10-6-11(2)8-13(7-10)20-21(17,18)15-9-12(16)4-5-14(15)19-3/h4-9H,1-3H3. The number of hydrogen-bond acceptors (Lipinski definition) is 4. The highest BCUT2D eigenvalue weighted by molar-refractivity contribution is 9.10. The minimum atomic E-state index is -3.97. The number of ether oxygens (including phenoxy) is 1. The summed E-state index contributed by atoms with van der Waals surface area (Å²) in [5, 5.41) is 0. The van der Waals surface area contributed by atoms with Crippen molar-refractivity contribution in [3.63, 3.8) is 0 Å². The molecule has 0 radical (unpaired) electrons. The van der Waals surface area contributed by atoms with Crippen LogP contribution in [0, 0.1) is 13.8 Å². The Morgan fingerprint density at radius 1 is 1.00 bits per heavy atom. The van der Waals surface area contributed by atoms with Crippen LogP contribution >= 0.6 is 15.9 Å². The monoisotopic (exact) mass is 370 g/mol. The average molecular weight is 371 g/mol. The van der Waals surface area contributed by atoms with Crippen LogP contribution in [0.1, 0.15) is 11.1 Å². The zero-order valence-corrected chi connectivity index (χ0v) is 14.3. The van der Waals surface area contributed by atoms with E-state index in [2.05, 4.69) is 15.9 Å². The highest BCUT2D eigenvalue weighted by Crippen LogP contribution is 2.30. The number of benzene rings is 2. The highest BCUT2D eigenvalue weighted by Gasteiger charge is 2.22. The summed E-state index contributed by atoms with van der Waals surface area (Å²) in [7, 11) is -2.55. The first-order valence-electron chi connectivity index (χ1n) is 6.18. The third kappa shape index (κ3) is 3.77. The fourth-order valence-corrected chi connectivity index (χ4v) is 3.62. The topological polar surface area (TPSA) is 52.6 Å². The van der Waals surface area contributed by atoms with Crippen LogP contribution in [0.15, 0.2) is 45.8 Å². The Bertz CT molecular complexity index is 749. The molecule has 0 N–H and O–H groups in total. The van der Waals surface area contributed by atoms with Crippen molar-refractivity contribution in [3.05, 3.63) is 52.0 Å². The van der Waals surface area contributed by atoms with Crippen LogP contribution in [0.25, 0.3) is 0 Å². The minimum absolute atomic E-state index is 0.0152. The molecule has 2 rings (SSSR count). The Hall–Kier alpha value is -1.53. The van der Waals surface area contributed by atoms with Crippen LogP contribution in [0.2, 0.25) is 0 Å². The summed E-state index contributed by atoms with van der Waals surface area (Å²) < 4.78 is 35.8. The number of aryl methyl sites for hydroxylation is 2. The van der Waals surface area contributed by atoms with Crippen LogP contribution in [-0.4, -0.2) is 15.5 Å². The van der Waals surface area contributed by atoms with Gasteiger partial charge in [0.1, 0.15) is 16.4 Å². The molecule has 0 aliphatic rings. The van der Waals surface area contributed by atoms with Crippen molar-refractivity contribution in [2.24, 2.45) is 0 Å². The molecule has 0 aliphatic carbocycles. The molecule has 4 nitrogen and oxygen atoms in total. The molecule has 0 amide bonds. The number of halogens is 1. The van der Waals surface area contributed by atoms with Gasteiger partial charge in [-0.05, 0) is 55.3 Å². The molecule has 0 atom stereocenters. The van der Waals surface area contributed by atoms with Crippen LogP contribution in [0.4, 0.5) is 0 Å². The first-order valence-corrected chi connectivity index (χ1v) is 8.38. The minimum Gasteiger partial charge on any atom is -0.495 e. The zero-order valence-electron chi connectivity index (χ0n) is 11.9. The van der Waals surface area contributed by atoms with Crippen molar-refractivity contribution in [2.75, 3.05) is 7.11 Å². The van der Waals surface area contributed by atoms with Gasteiger partial charge in [0.25, 0.3) is 0 Å². The lowest BCUT2D eigenvalue weighted by atomic mass is 10.1. The van der Waals surface area contributed by atoms with E-state index >= 15 is 0 Å². The van der Waals surface area contributed by atoms with Crippen LogP contribution in [-0.2, 0) is 10.1 Å². The normalized spacial score (nSPS) is 11.2. The number of hydrogen-bond donors (Lipinski definition) is 0. The molecule has 0 saturated carbocycles. The molecule has 0 unspecified atom stereocenters. The second-order valence-corrected chi connectivity index (χ2v) is 7.09. The maximum Gasteiger partial charge on any atom is 0.342 e. The lowest BCUT2D eigenvalue weighted by Gasteiger charge is -2.12. The van der Waals surface area contributed by atoms with Gasteiger partial charge in [-0.25, -0.2) is 0 Å². The SMILES string of the molecule is COc1ccc(Br)cc1S(=O)(=O)Oc1cc(C)cc(C)c1. The lowest BCUT2D eigenvalue weighted by Crippen LogP contribution is -2.11. The average Bonchev–Trinajstić information content (AvgIpc) is 2.36. The Labute approximate surface area is 133 Å². The fraction of sp³-hybridized carbons (Fsp3) is 0.200. The van der Waals surface area contributed by atoms with Crippen molar-refractivity contribution in [3.8, 4) is 11.5 Å². The van der Waals surface area contributed by atoms with Gasteiger partial charge < -0.3 is 8.92 Å². The van der Waals surface area contributed by atoms with Crippen molar-refractivity contribution in [1.29, 1.82) is 0 Å². The third-order valence-electron chi connectivity index (χ3n) is 2.80. The molecule has 2 aromatic carbocycles. The second kappa shape index (κ2) is 6.07. The lowest BCUT2D eigenvalue weighted by molar-refractivity contribution is 0.398. The maximum absolute atomic E-state index is 12.4. The third-order valence-corrected chi connectivity index (χ3v) is 4.56. The van der Waals surface area contributed by atoms with Crippen LogP contribution < -0.4 is 8.92 Å². The van der Waals surface area contributed by atoms with Gasteiger partial charge >= 0.3 is 10.1 Å². The molecule has 2 aromatic rings. The fourth-order valence-electron chi connectivity index (χ4n) is 2.00. The molecule has 112 valence electrons. The van der Waals surface area contributed by atoms with E-state index in [0.29, 0.717) is 4.47 Å². The largest absolute Gasteiger partial charge is 0.495 e. The van der Waals surface area contributed by atoms with Gasteiger partial charge in [0.05, 0.1) is 7.11 Å². The van der Waals surface area contributed by atoms with E-state index < -0.39 is 10.1 Å². The van der Waals surface area contributed by atoms with Gasteiger partial charge in [-0.3, -0.25) is 0 Å². The number of rotatable bonds is 4. The quantitative estimate of drug-likeness (QED) is 0.767. The summed E-state index contributed by atoms with van der Waals surface area (Å²) in [5.74, 6) is 0.525. The van der Waals surface area contributed by atoms with E-state index in [0.717, 1.165) is 11.1 Å². The molecule has 6 heteroatoms. The summed E-state index contributed by atoms with van der Waals surface area (Å²) in [6.45, 7) is 3.76. The highest BCUT2D eigenvalue weighted by atomic mass is 79.9. The smallest absolute Gasteiger partial charge is 0.342 e. The van der Waals surface area contributed by atoms with E-state index in [1.165, 1.54) is 13.2 Å². The van der Waals surface area contributed by atoms with Gasteiger partial charge in [-0.1, -0.05) is 22.0 Å². The summed E-state index contributed by atoms with van der Waals surface area (Å²) in [6.07, 6.45) is 0. The molecule has 0 spiro atoms. The Morgan fingerprint density at radius 3 is 2.19 bits per heavy atom. The summed E-state index contributed by atoms with van der Waals surface area (Å²) in [5.41, 5.74) is 1.86. The molecule has 0 saturated heterocycles. The predicted molar refractivity (Wildman–Crippen MR) is 84.4 cm³/mol. The first kappa shape index (κ1) is 15.9. The van der Waals surface area contributed by atoms with Gasteiger partial charge in [0, 0.05) is 4.47 Å². The predicted octanol–water partition coefficient (Wildman–Crippen LogP) is 3.84. The van der Waals surface area contributed by atoms with Gasteiger partial charge in [0.2, 0.25) is 0 Å². The second-order valence-electron chi connectivity index (χ2n) is 4.66. The van der Waals surface area contributed by atoms with Gasteiger partial charge in [0.15, 0.2) is 0 Å². The summed E-state index contributed by atoms with van der Waals surface area (Å²) in [4.78, 5) is -0.0152. The Balaban J connectivity index is 2.45. The molecule has 0 aliphatic heterocycles. The van der Waals surface area contributed by atoms with Crippen LogP contribution in [0.3, 0.4) is 0 Å². The van der Waals surface area contributed by atoms with E-state index in [1.807, 2.05) is 19.9 Å². The zero-order chi connectivity index (χ0) is 15.6. The van der Waals surface area contributed by atoms with Gasteiger partial charge in [-0.15, -0.1) is 0 Å². The maximum atomic E-state index is 12.4. The van der Waals surface area contributed by atoms with E-state index in [9.17, 15) is 8.42 Å². The van der Waals surface area contributed by atoms with E-state index in [1.54, 1.807) is 24.3 Å².